The van der Waals surface area contributed by atoms with Crippen molar-refractivity contribution in [2.24, 2.45) is 0 Å². The van der Waals surface area contributed by atoms with Crippen molar-refractivity contribution < 1.29 is 4.92 Å². The number of rotatable bonds is 5. The number of nitro groups is 1. The molecule has 1 aromatic rings. The van der Waals surface area contributed by atoms with E-state index in [0.717, 1.165) is 12.8 Å². The molecule has 14 heavy (non-hydrogen) atoms. The van der Waals surface area contributed by atoms with E-state index in [1.807, 2.05) is 6.92 Å². The van der Waals surface area contributed by atoms with Crippen LogP contribution in [0.5, 0.6) is 0 Å². The van der Waals surface area contributed by atoms with Gasteiger partial charge in [0.15, 0.2) is 0 Å². The summed E-state index contributed by atoms with van der Waals surface area (Å²) in [7, 11) is 0. The number of hydrogen-bond acceptors (Lipinski definition) is 3. The van der Waals surface area contributed by atoms with Crippen molar-refractivity contribution in [1.82, 2.24) is 9.78 Å². The summed E-state index contributed by atoms with van der Waals surface area (Å²) in [6.07, 6.45) is 4.17. The molecule has 1 heterocycles. The molecule has 0 bridgehead atoms. The molecule has 0 amide bonds. The van der Waals surface area contributed by atoms with Gasteiger partial charge in [0.1, 0.15) is 11.9 Å². The fraction of sp³-hybridized carbons (Fsp3) is 0.667. The average molecular weight is 197 g/mol. The highest BCUT2D eigenvalue weighted by molar-refractivity contribution is 5.32. The third kappa shape index (κ3) is 2.31. The topological polar surface area (TPSA) is 61.0 Å². The summed E-state index contributed by atoms with van der Waals surface area (Å²) in [5.41, 5.74) is 0.763. The molecule has 1 aromatic heterocycles. The van der Waals surface area contributed by atoms with Crippen LogP contribution in [0.4, 0.5) is 5.69 Å². The Labute approximate surface area is 82.9 Å². The van der Waals surface area contributed by atoms with E-state index in [-0.39, 0.29) is 10.6 Å². The maximum Gasteiger partial charge on any atom is 0.310 e. The molecule has 0 saturated carbocycles. The van der Waals surface area contributed by atoms with E-state index >= 15 is 0 Å². The van der Waals surface area contributed by atoms with Gasteiger partial charge in [-0.3, -0.25) is 14.8 Å². The number of unbranched alkanes of at least 4 members (excludes halogenated alkanes) is 1. The van der Waals surface area contributed by atoms with Crippen LogP contribution in [0.25, 0.3) is 0 Å². The fourth-order valence-corrected chi connectivity index (χ4v) is 1.29. The minimum absolute atomic E-state index is 0.153. The zero-order valence-corrected chi connectivity index (χ0v) is 8.56. The highest BCUT2D eigenvalue weighted by atomic mass is 16.6. The number of hydrogen-bond donors (Lipinski definition) is 0. The van der Waals surface area contributed by atoms with Crippen molar-refractivity contribution in [3.63, 3.8) is 0 Å². The largest absolute Gasteiger partial charge is 0.310 e. The Hall–Kier alpha value is -1.39. The van der Waals surface area contributed by atoms with Crippen molar-refractivity contribution in [3.05, 3.63) is 22.0 Å². The van der Waals surface area contributed by atoms with Gasteiger partial charge in [-0.15, -0.1) is 0 Å². The second kappa shape index (κ2) is 4.74. The lowest BCUT2D eigenvalue weighted by molar-refractivity contribution is -0.385. The Morgan fingerprint density at radius 1 is 1.57 bits per heavy atom. The molecule has 0 fully saturated rings. The summed E-state index contributed by atoms with van der Waals surface area (Å²) in [6, 6.07) is 0. The molecule has 0 unspecified atom stereocenters. The average Bonchev–Trinajstić information content (AvgIpc) is 2.58. The quantitative estimate of drug-likeness (QED) is 0.536. The predicted octanol–water partition coefficient (Wildman–Crippen LogP) is 2.15. The third-order valence-corrected chi connectivity index (χ3v) is 2.10. The van der Waals surface area contributed by atoms with Crippen LogP contribution in [0.1, 0.15) is 32.4 Å². The van der Waals surface area contributed by atoms with E-state index in [4.69, 9.17) is 0 Å². The third-order valence-electron chi connectivity index (χ3n) is 2.10. The van der Waals surface area contributed by atoms with E-state index in [1.54, 1.807) is 4.68 Å². The Morgan fingerprint density at radius 3 is 2.79 bits per heavy atom. The smallest absolute Gasteiger partial charge is 0.266 e. The maximum atomic E-state index is 10.7. The monoisotopic (exact) mass is 197 g/mol. The van der Waals surface area contributed by atoms with Crippen LogP contribution in [0.2, 0.25) is 0 Å². The van der Waals surface area contributed by atoms with Crippen LogP contribution in [-0.2, 0) is 13.0 Å². The van der Waals surface area contributed by atoms with Gasteiger partial charge in [-0.05, 0) is 19.8 Å². The van der Waals surface area contributed by atoms with Crippen LogP contribution in [-0.4, -0.2) is 14.7 Å². The highest BCUT2D eigenvalue weighted by Gasteiger charge is 2.17. The fourth-order valence-electron chi connectivity index (χ4n) is 1.29. The molecule has 0 aliphatic rings. The molecule has 0 saturated heterocycles. The molecule has 0 N–H and O–H groups in total. The zero-order valence-electron chi connectivity index (χ0n) is 8.56. The molecule has 1 rings (SSSR count). The van der Waals surface area contributed by atoms with E-state index in [2.05, 4.69) is 12.0 Å². The van der Waals surface area contributed by atoms with Crippen molar-refractivity contribution in [3.8, 4) is 0 Å². The Morgan fingerprint density at radius 2 is 2.29 bits per heavy atom. The first-order valence-corrected chi connectivity index (χ1v) is 4.89. The molecule has 0 aliphatic carbocycles. The lowest BCUT2D eigenvalue weighted by Gasteiger charge is -1.93. The second-order valence-electron chi connectivity index (χ2n) is 3.18. The van der Waals surface area contributed by atoms with Gasteiger partial charge in [0.05, 0.1) is 4.92 Å². The summed E-state index contributed by atoms with van der Waals surface area (Å²) < 4.78 is 1.61. The minimum atomic E-state index is -0.357. The Bertz CT molecular complexity index is 320. The van der Waals surface area contributed by atoms with E-state index in [0.29, 0.717) is 18.7 Å². The molecule has 0 aliphatic heterocycles. The SMILES string of the molecule is CCCCc1nn(CC)cc1[N+](=O)[O-]. The summed E-state index contributed by atoms with van der Waals surface area (Å²) in [5.74, 6) is 0. The molecule has 0 atom stereocenters. The van der Waals surface area contributed by atoms with Gasteiger partial charge < -0.3 is 0 Å². The number of aromatic nitrogens is 2. The van der Waals surface area contributed by atoms with Crippen LogP contribution in [0, 0.1) is 10.1 Å². The summed E-state index contributed by atoms with van der Waals surface area (Å²) in [5, 5.41) is 14.8. The van der Waals surface area contributed by atoms with E-state index in [1.165, 1.54) is 6.20 Å². The van der Waals surface area contributed by atoms with Crippen LogP contribution < -0.4 is 0 Å². The van der Waals surface area contributed by atoms with Gasteiger partial charge in [-0.1, -0.05) is 13.3 Å². The first kappa shape index (κ1) is 10.7. The van der Waals surface area contributed by atoms with Crippen molar-refractivity contribution in [2.45, 2.75) is 39.7 Å². The molecule has 0 aromatic carbocycles. The standard InChI is InChI=1S/C9H15N3O2/c1-3-5-6-8-9(12(13)14)7-11(4-2)10-8/h7H,3-6H2,1-2H3. The van der Waals surface area contributed by atoms with Gasteiger partial charge in [0.25, 0.3) is 0 Å². The highest BCUT2D eigenvalue weighted by Crippen LogP contribution is 2.18. The first-order chi connectivity index (χ1) is 6.69. The van der Waals surface area contributed by atoms with Crippen LogP contribution in [0.3, 0.4) is 0 Å². The number of nitrogens with zero attached hydrogens (tertiary/aromatic N) is 3. The Kier molecular flexibility index (Phi) is 3.62. The van der Waals surface area contributed by atoms with Gasteiger partial charge in [-0.25, -0.2) is 0 Å². The van der Waals surface area contributed by atoms with Crippen molar-refractivity contribution in [2.75, 3.05) is 0 Å². The van der Waals surface area contributed by atoms with Crippen LogP contribution >= 0.6 is 0 Å². The van der Waals surface area contributed by atoms with Crippen molar-refractivity contribution >= 4 is 5.69 Å². The first-order valence-electron chi connectivity index (χ1n) is 4.89. The minimum Gasteiger partial charge on any atom is -0.266 e. The van der Waals surface area contributed by atoms with Gasteiger partial charge in [0, 0.05) is 6.54 Å². The molecular weight excluding hydrogens is 182 g/mol. The van der Waals surface area contributed by atoms with Crippen molar-refractivity contribution in [1.29, 1.82) is 0 Å². The number of aryl methyl sites for hydroxylation is 2. The lowest BCUT2D eigenvalue weighted by Crippen LogP contribution is -1.96. The van der Waals surface area contributed by atoms with Gasteiger partial charge >= 0.3 is 5.69 Å². The van der Waals surface area contributed by atoms with Crippen LogP contribution in [0.15, 0.2) is 6.20 Å². The maximum absolute atomic E-state index is 10.7. The zero-order chi connectivity index (χ0) is 10.6. The molecule has 5 heteroatoms. The molecule has 0 spiro atoms. The normalized spacial score (nSPS) is 10.4. The Balaban J connectivity index is 2.88. The van der Waals surface area contributed by atoms with E-state index < -0.39 is 0 Å². The molecule has 0 radical (unpaired) electrons. The summed E-state index contributed by atoms with van der Waals surface area (Å²) >= 11 is 0. The summed E-state index contributed by atoms with van der Waals surface area (Å²) in [6.45, 7) is 4.65. The molecule has 5 nitrogen and oxygen atoms in total. The predicted molar refractivity (Wildman–Crippen MR) is 53.2 cm³/mol. The second-order valence-corrected chi connectivity index (χ2v) is 3.18. The van der Waals surface area contributed by atoms with E-state index in [9.17, 15) is 10.1 Å². The molecule has 78 valence electrons. The molecular formula is C9H15N3O2. The van der Waals surface area contributed by atoms with Gasteiger partial charge in [0.2, 0.25) is 0 Å². The van der Waals surface area contributed by atoms with Gasteiger partial charge in [-0.2, -0.15) is 5.10 Å². The summed E-state index contributed by atoms with van der Waals surface area (Å²) in [4.78, 5) is 10.3. The lowest BCUT2D eigenvalue weighted by atomic mass is 10.2.